The third kappa shape index (κ3) is 3.69. The molecule has 146 valence electrons. The van der Waals surface area contributed by atoms with Crippen molar-refractivity contribution in [3.8, 4) is 0 Å². The highest BCUT2D eigenvalue weighted by atomic mass is 32.1. The summed E-state index contributed by atoms with van der Waals surface area (Å²) < 4.78 is 1.78. The van der Waals surface area contributed by atoms with Crippen LogP contribution in [-0.4, -0.2) is 45.6 Å². The minimum Gasteiger partial charge on any atom is -0.369 e. The molecule has 0 unspecified atom stereocenters. The Kier molecular flexibility index (Phi) is 4.64. The highest BCUT2D eigenvalue weighted by Crippen LogP contribution is 2.30. The highest BCUT2D eigenvalue weighted by molar-refractivity contribution is 7.09. The number of thiazole rings is 1. The summed E-state index contributed by atoms with van der Waals surface area (Å²) in [5.41, 5.74) is 3.22. The van der Waals surface area contributed by atoms with Crippen LogP contribution < -0.4 is 10.5 Å². The van der Waals surface area contributed by atoms with Gasteiger partial charge >= 0.3 is 0 Å². The number of piperazine rings is 1. The van der Waals surface area contributed by atoms with Crippen molar-refractivity contribution in [1.82, 2.24) is 19.4 Å². The van der Waals surface area contributed by atoms with Gasteiger partial charge < -0.3 is 4.90 Å². The van der Waals surface area contributed by atoms with E-state index in [1.165, 1.54) is 18.5 Å². The first-order valence-corrected chi connectivity index (χ1v) is 10.9. The van der Waals surface area contributed by atoms with Crippen LogP contribution in [0.1, 0.15) is 23.5 Å². The van der Waals surface area contributed by atoms with Crippen LogP contribution in [0.25, 0.3) is 10.9 Å². The number of nitrogens with zero attached hydrogens (tertiary/aromatic N) is 5. The first kappa shape index (κ1) is 17.8. The van der Waals surface area contributed by atoms with Crippen molar-refractivity contribution in [3.63, 3.8) is 0 Å². The van der Waals surface area contributed by atoms with Crippen molar-refractivity contribution in [3.05, 3.63) is 51.0 Å². The van der Waals surface area contributed by atoms with E-state index in [0.29, 0.717) is 5.92 Å². The van der Waals surface area contributed by atoms with E-state index < -0.39 is 0 Å². The molecule has 0 N–H and O–H groups in total. The Labute approximate surface area is 168 Å². The minimum absolute atomic E-state index is 0.0897. The van der Waals surface area contributed by atoms with Crippen LogP contribution >= 0.6 is 11.3 Å². The molecule has 0 amide bonds. The van der Waals surface area contributed by atoms with Gasteiger partial charge in [0.25, 0.3) is 5.56 Å². The highest BCUT2D eigenvalue weighted by Gasteiger charge is 2.23. The molecule has 0 spiro atoms. The second kappa shape index (κ2) is 7.29. The van der Waals surface area contributed by atoms with Gasteiger partial charge in [-0.15, -0.1) is 11.3 Å². The van der Waals surface area contributed by atoms with Gasteiger partial charge in [-0.05, 0) is 43.9 Å². The van der Waals surface area contributed by atoms with E-state index in [0.717, 1.165) is 60.9 Å². The molecule has 1 aliphatic carbocycles. The number of hydrogen-bond acceptors (Lipinski definition) is 6. The smallest absolute Gasteiger partial charge is 0.261 e. The van der Waals surface area contributed by atoms with Crippen molar-refractivity contribution < 1.29 is 0 Å². The number of rotatable bonds is 5. The maximum Gasteiger partial charge on any atom is 0.261 e. The molecule has 2 aromatic heterocycles. The molecule has 2 aliphatic rings. The first-order valence-electron chi connectivity index (χ1n) is 10.0. The van der Waals surface area contributed by atoms with Crippen molar-refractivity contribution in [2.75, 3.05) is 31.1 Å². The van der Waals surface area contributed by atoms with Gasteiger partial charge in [-0.3, -0.25) is 14.3 Å². The Morgan fingerprint density at radius 3 is 2.71 bits per heavy atom. The number of benzene rings is 1. The summed E-state index contributed by atoms with van der Waals surface area (Å²) in [4.78, 5) is 26.7. The molecule has 7 heteroatoms. The number of aromatic nitrogens is 3. The SMILES string of the molecule is Cc1nc(CN2CCN(c3ccc4c(=O)n(CC5CC5)cnc4c3)CC2)cs1. The largest absolute Gasteiger partial charge is 0.369 e. The van der Waals surface area contributed by atoms with E-state index in [9.17, 15) is 4.79 Å². The molecule has 1 saturated heterocycles. The summed E-state index contributed by atoms with van der Waals surface area (Å²) in [6.45, 7) is 7.79. The monoisotopic (exact) mass is 395 g/mol. The van der Waals surface area contributed by atoms with E-state index in [-0.39, 0.29) is 5.56 Å². The molecule has 5 rings (SSSR count). The quantitative estimate of drug-likeness (QED) is 0.665. The molecule has 1 aliphatic heterocycles. The predicted molar refractivity (Wildman–Crippen MR) is 113 cm³/mol. The summed E-state index contributed by atoms with van der Waals surface area (Å²) in [6.07, 6.45) is 4.19. The third-order valence-electron chi connectivity index (χ3n) is 5.75. The van der Waals surface area contributed by atoms with Gasteiger partial charge in [0.15, 0.2) is 0 Å². The van der Waals surface area contributed by atoms with Crippen molar-refractivity contribution in [1.29, 1.82) is 0 Å². The number of fused-ring (bicyclic) bond motifs is 1. The standard InChI is InChI=1S/C21H25N5OS/c1-15-23-17(13-28-15)12-24-6-8-25(9-7-24)18-4-5-19-20(10-18)22-14-26(21(19)27)11-16-2-3-16/h4-5,10,13-14,16H,2-3,6-9,11-12H2,1H3. The molecule has 0 bridgehead atoms. The Morgan fingerprint density at radius 1 is 1.18 bits per heavy atom. The molecule has 0 radical (unpaired) electrons. The van der Waals surface area contributed by atoms with Crippen molar-refractivity contribution in [2.24, 2.45) is 5.92 Å². The average molecular weight is 396 g/mol. The van der Waals surface area contributed by atoms with Crippen molar-refractivity contribution >= 4 is 27.9 Å². The zero-order valence-corrected chi connectivity index (χ0v) is 17.0. The second-order valence-corrected chi connectivity index (χ2v) is 9.03. The lowest BCUT2D eigenvalue weighted by molar-refractivity contribution is 0.247. The molecule has 2 fully saturated rings. The predicted octanol–water partition coefficient (Wildman–Crippen LogP) is 2.89. The number of aryl methyl sites for hydroxylation is 1. The van der Waals surface area contributed by atoms with Crippen LogP contribution in [0, 0.1) is 12.8 Å². The van der Waals surface area contributed by atoms with Crippen LogP contribution in [0.5, 0.6) is 0 Å². The van der Waals surface area contributed by atoms with E-state index in [2.05, 4.69) is 44.2 Å². The van der Waals surface area contributed by atoms with Gasteiger partial charge in [-0.2, -0.15) is 0 Å². The lowest BCUT2D eigenvalue weighted by atomic mass is 10.2. The van der Waals surface area contributed by atoms with E-state index in [1.54, 1.807) is 22.2 Å². The summed E-state index contributed by atoms with van der Waals surface area (Å²) in [5.74, 6) is 0.667. The zero-order chi connectivity index (χ0) is 19.1. The van der Waals surface area contributed by atoms with Crippen molar-refractivity contribution in [2.45, 2.75) is 32.9 Å². The van der Waals surface area contributed by atoms with E-state index >= 15 is 0 Å². The summed E-state index contributed by atoms with van der Waals surface area (Å²) in [7, 11) is 0. The second-order valence-electron chi connectivity index (χ2n) is 7.97. The van der Waals surface area contributed by atoms with Crippen LogP contribution in [0.2, 0.25) is 0 Å². The zero-order valence-electron chi connectivity index (χ0n) is 16.2. The summed E-state index contributed by atoms with van der Waals surface area (Å²) in [5, 5.41) is 4.02. The minimum atomic E-state index is 0.0897. The number of anilines is 1. The fourth-order valence-corrected chi connectivity index (χ4v) is 4.53. The molecule has 1 saturated carbocycles. The van der Waals surface area contributed by atoms with Crippen LogP contribution in [-0.2, 0) is 13.1 Å². The van der Waals surface area contributed by atoms with Crippen LogP contribution in [0.4, 0.5) is 5.69 Å². The topological polar surface area (TPSA) is 54.3 Å². The fourth-order valence-electron chi connectivity index (χ4n) is 3.93. The van der Waals surface area contributed by atoms with Gasteiger partial charge in [0.05, 0.1) is 27.9 Å². The maximum atomic E-state index is 12.7. The van der Waals surface area contributed by atoms with Crippen LogP contribution in [0.3, 0.4) is 0 Å². The van der Waals surface area contributed by atoms with Gasteiger partial charge in [-0.25, -0.2) is 9.97 Å². The van der Waals surface area contributed by atoms with Gasteiger partial charge in [0, 0.05) is 50.3 Å². The molecular weight excluding hydrogens is 370 g/mol. The Bertz CT molecular complexity index is 1050. The summed E-state index contributed by atoms with van der Waals surface area (Å²) >= 11 is 1.72. The lowest BCUT2D eigenvalue weighted by Crippen LogP contribution is -2.46. The number of hydrogen-bond donors (Lipinski definition) is 0. The molecule has 3 aromatic rings. The third-order valence-corrected chi connectivity index (χ3v) is 6.57. The Morgan fingerprint density at radius 2 is 2.00 bits per heavy atom. The first-order chi connectivity index (χ1) is 13.7. The average Bonchev–Trinajstić information content (AvgIpc) is 3.44. The summed E-state index contributed by atoms with van der Waals surface area (Å²) in [6, 6.07) is 6.10. The maximum absolute atomic E-state index is 12.7. The van der Waals surface area contributed by atoms with Crippen LogP contribution in [0.15, 0.2) is 34.7 Å². The Balaban J connectivity index is 1.28. The lowest BCUT2D eigenvalue weighted by Gasteiger charge is -2.35. The van der Waals surface area contributed by atoms with Gasteiger partial charge in [0.1, 0.15) is 0 Å². The normalized spacial score (nSPS) is 18.1. The molecule has 28 heavy (non-hydrogen) atoms. The van der Waals surface area contributed by atoms with E-state index in [4.69, 9.17) is 0 Å². The Hall–Kier alpha value is -2.25. The molecule has 1 aromatic carbocycles. The molecule has 0 atom stereocenters. The molecule has 6 nitrogen and oxygen atoms in total. The van der Waals surface area contributed by atoms with Gasteiger partial charge in [0.2, 0.25) is 0 Å². The molecule has 3 heterocycles. The fraction of sp³-hybridized carbons (Fsp3) is 0.476. The molecular formula is C21H25N5OS. The van der Waals surface area contributed by atoms with Gasteiger partial charge in [-0.1, -0.05) is 0 Å². The van der Waals surface area contributed by atoms with E-state index in [1.807, 2.05) is 6.07 Å².